The molecule has 0 N–H and O–H groups in total. The van der Waals surface area contributed by atoms with Crippen LogP contribution in [0.4, 0.5) is 0 Å². The van der Waals surface area contributed by atoms with Crippen molar-refractivity contribution in [2.24, 2.45) is 0 Å². The Labute approximate surface area is 63.5 Å². The molecule has 0 aliphatic heterocycles. The second-order valence-electron chi connectivity index (χ2n) is 1.38. The number of hydrogen-bond donors (Lipinski definition) is 0. The van der Waals surface area contributed by atoms with Crippen LogP contribution in [0.1, 0.15) is 0 Å². The van der Waals surface area contributed by atoms with Gasteiger partial charge in [0, 0.05) is 10.9 Å². The monoisotopic (exact) mass is 155 g/mol. The first-order chi connectivity index (χ1) is 4.43. The molecule has 0 unspecified atom stereocenters. The van der Waals surface area contributed by atoms with Crippen molar-refractivity contribution in [3.05, 3.63) is 24.4 Å². The summed E-state index contributed by atoms with van der Waals surface area (Å²) in [7, 11) is 0. The van der Waals surface area contributed by atoms with Crippen molar-refractivity contribution in [2.45, 2.75) is 5.03 Å². The molecule has 3 heteroatoms. The molecule has 1 aromatic heterocycles. The number of thiocarbonyl (C=S) groups is 1. The van der Waals surface area contributed by atoms with Crippen LogP contribution in [0.5, 0.6) is 0 Å². The first-order valence-corrected chi connectivity index (χ1v) is 3.80. The van der Waals surface area contributed by atoms with Crippen LogP contribution in [-0.4, -0.2) is 9.68 Å². The standard InChI is InChI=1S/C6H5NS2/c8-5-9-6-3-1-2-4-7-6/h1-5H. The van der Waals surface area contributed by atoms with Crippen LogP contribution in [0, 0.1) is 0 Å². The lowest BCUT2D eigenvalue weighted by Gasteiger charge is -1.88. The maximum Gasteiger partial charge on any atom is 0.101 e. The highest BCUT2D eigenvalue weighted by molar-refractivity contribution is 8.20. The molecule has 1 rings (SSSR count). The van der Waals surface area contributed by atoms with E-state index < -0.39 is 0 Å². The quantitative estimate of drug-likeness (QED) is 0.479. The van der Waals surface area contributed by atoms with E-state index in [4.69, 9.17) is 0 Å². The third-order valence-electron chi connectivity index (χ3n) is 0.807. The molecule has 0 saturated carbocycles. The topological polar surface area (TPSA) is 12.9 Å². The highest BCUT2D eigenvalue weighted by Crippen LogP contribution is 2.09. The van der Waals surface area contributed by atoms with E-state index in [1.165, 1.54) is 11.8 Å². The van der Waals surface area contributed by atoms with Crippen LogP contribution in [-0.2, 0) is 0 Å². The van der Waals surface area contributed by atoms with Crippen molar-refractivity contribution >= 4 is 28.7 Å². The molecule has 46 valence electrons. The second-order valence-corrected chi connectivity index (χ2v) is 2.81. The Hall–Kier alpha value is -0.410. The Bertz CT molecular complexity index is 186. The summed E-state index contributed by atoms with van der Waals surface area (Å²) in [4.78, 5) is 4.03. The van der Waals surface area contributed by atoms with Gasteiger partial charge in [0.15, 0.2) is 0 Å². The zero-order valence-corrected chi connectivity index (χ0v) is 6.28. The Kier molecular flexibility index (Phi) is 2.67. The lowest BCUT2D eigenvalue weighted by Crippen LogP contribution is -1.73. The molecule has 0 atom stereocenters. The lowest BCUT2D eigenvalue weighted by molar-refractivity contribution is 1.14. The van der Waals surface area contributed by atoms with E-state index in [-0.39, 0.29) is 0 Å². The SMILES string of the molecule is S=CSc1ccccn1. The van der Waals surface area contributed by atoms with Gasteiger partial charge in [-0.15, -0.1) is 0 Å². The van der Waals surface area contributed by atoms with Crippen LogP contribution >= 0.6 is 24.0 Å². The fourth-order valence-corrected chi connectivity index (χ4v) is 1.14. The summed E-state index contributed by atoms with van der Waals surface area (Å²) in [6.45, 7) is 0. The minimum absolute atomic E-state index is 0.951. The molecule has 1 nitrogen and oxygen atoms in total. The molecular weight excluding hydrogens is 150 g/mol. The zero-order valence-electron chi connectivity index (χ0n) is 4.65. The van der Waals surface area contributed by atoms with Crippen molar-refractivity contribution in [3.63, 3.8) is 0 Å². The first-order valence-electron chi connectivity index (χ1n) is 2.45. The van der Waals surface area contributed by atoms with E-state index in [9.17, 15) is 0 Å². The van der Waals surface area contributed by atoms with Gasteiger partial charge in [-0.25, -0.2) is 4.98 Å². The average molecular weight is 155 g/mol. The summed E-state index contributed by atoms with van der Waals surface area (Å²) in [6, 6.07) is 5.75. The number of pyridine rings is 1. The molecule has 0 spiro atoms. The van der Waals surface area contributed by atoms with Crippen molar-refractivity contribution in [1.82, 2.24) is 4.98 Å². The Balaban J connectivity index is 2.72. The smallest absolute Gasteiger partial charge is 0.101 e. The van der Waals surface area contributed by atoms with E-state index in [0.717, 1.165) is 5.03 Å². The van der Waals surface area contributed by atoms with Gasteiger partial charge in [-0.2, -0.15) is 0 Å². The van der Waals surface area contributed by atoms with Crippen LogP contribution in [0.15, 0.2) is 29.4 Å². The Morgan fingerprint density at radius 2 is 2.44 bits per heavy atom. The van der Waals surface area contributed by atoms with Crippen molar-refractivity contribution in [1.29, 1.82) is 0 Å². The molecule has 9 heavy (non-hydrogen) atoms. The first kappa shape index (κ1) is 6.71. The molecule has 0 aliphatic rings. The number of nitrogens with zero attached hydrogens (tertiary/aromatic N) is 1. The number of rotatable bonds is 2. The van der Waals surface area contributed by atoms with Crippen LogP contribution in [0.2, 0.25) is 0 Å². The molecular formula is C6H5NS2. The Morgan fingerprint density at radius 1 is 1.56 bits per heavy atom. The maximum absolute atomic E-state index is 4.63. The molecule has 0 aromatic carbocycles. The van der Waals surface area contributed by atoms with Crippen LogP contribution in [0.25, 0.3) is 0 Å². The molecule has 0 saturated heterocycles. The maximum atomic E-state index is 4.63. The van der Waals surface area contributed by atoms with Crippen molar-refractivity contribution in [3.8, 4) is 0 Å². The number of aromatic nitrogens is 1. The normalized spacial score (nSPS) is 8.89. The zero-order chi connectivity index (χ0) is 6.53. The van der Waals surface area contributed by atoms with Crippen LogP contribution < -0.4 is 0 Å². The van der Waals surface area contributed by atoms with Crippen molar-refractivity contribution < 1.29 is 0 Å². The van der Waals surface area contributed by atoms with Gasteiger partial charge in [0.05, 0.1) is 0 Å². The average Bonchev–Trinajstić information content (AvgIpc) is 1.91. The summed E-state index contributed by atoms with van der Waals surface area (Å²) < 4.78 is 1.60. The summed E-state index contributed by atoms with van der Waals surface area (Å²) >= 11 is 6.09. The van der Waals surface area contributed by atoms with Gasteiger partial charge < -0.3 is 0 Å². The molecule has 0 aliphatic carbocycles. The molecule has 0 fully saturated rings. The molecule has 0 radical (unpaired) electrons. The molecule has 1 aromatic rings. The van der Waals surface area contributed by atoms with E-state index in [0.29, 0.717) is 0 Å². The van der Waals surface area contributed by atoms with E-state index in [1.807, 2.05) is 18.2 Å². The van der Waals surface area contributed by atoms with Gasteiger partial charge in [-0.3, -0.25) is 0 Å². The largest absolute Gasteiger partial charge is 0.250 e. The van der Waals surface area contributed by atoms with Gasteiger partial charge in [0.25, 0.3) is 0 Å². The fourth-order valence-electron chi connectivity index (χ4n) is 0.466. The molecule has 1 heterocycles. The minimum Gasteiger partial charge on any atom is -0.250 e. The predicted molar refractivity (Wildman–Crippen MR) is 43.7 cm³/mol. The fraction of sp³-hybridized carbons (Fsp3) is 0. The van der Waals surface area contributed by atoms with E-state index in [1.54, 1.807) is 10.9 Å². The van der Waals surface area contributed by atoms with Gasteiger partial charge in [0.2, 0.25) is 0 Å². The highest BCUT2D eigenvalue weighted by atomic mass is 32.2. The summed E-state index contributed by atoms with van der Waals surface area (Å²) in [6.07, 6.45) is 1.75. The summed E-state index contributed by atoms with van der Waals surface area (Å²) in [5.74, 6) is 0. The summed E-state index contributed by atoms with van der Waals surface area (Å²) in [5.41, 5.74) is 0. The molecule has 0 amide bonds. The number of thioether (sulfide) groups is 1. The van der Waals surface area contributed by atoms with Crippen LogP contribution in [0.3, 0.4) is 0 Å². The third kappa shape index (κ3) is 2.11. The Morgan fingerprint density at radius 3 is 3.00 bits per heavy atom. The third-order valence-corrected chi connectivity index (χ3v) is 1.67. The second kappa shape index (κ2) is 3.58. The van der Waals surface area contributed by atoms with Gasteiger partial charge >= 0.3 is 0 Å². The number of hydrogen-bond acceptors (Lipinski definition) is 3. The van der Waals surface area contributed by atoms with Gasteiger partial charge in [-0.1, -0.05) is 30.0 Å². The van der Waals surface area contributed by atoms with Gasteiger partial charge in [-0.05, 0) is 12.1 Å². The van der Waals surface area contributed by atoms with E-state index >= 15 is 0 Å². The van der Waals surface area contributed by atoms with E-state index in [2.05, 4.69) is 17.2 Å². The highest BCUT2D eigenvalue weighted by Gasteiger charge is 1.85. The molecule has 0 bridgehead atoms. The lowest BCUT2D eigenvalue weighted by atomic mass is 10.5. The predicted octanol–water partition coefficient (Wildman–Crippen LogP) is 2.13. The van der Waals surface area contributed by atoms with Gasteiger partial charge in [0.1, 0.15) is 5.03 Å². The summed E-state index contributed by atoms with van der Waals surface area (Å²) in [5, 5.41) is 0.951. The van der Waals surface area contributed by atoms with Crippen molar-refractivity contribution in [2.75, 3.05) is 0 Å². The minimum atomic E-state index is 0.951.